The maximum atomic E-state index is 3.60. The second kappa shape index (κ2) is 6.36. The molecule has 1 N–H and O–H groups in total. The first kappa shape index (κ1) is 14.3. The molecule has 2 aromatic carbocycles. The number of halogens is 1. The molecule has 0 spiro atoms. The molecule has 2 aromatic rings. The van der Waals surface area contributed by atoms with Crippen molar-refractivity contribution in [2.75, 3.05) is 0 Å². The summed E-state index contributed by atoms with van der Waals surface area (Å²) in [5.74, 6) is 0. The monoisotopic (exact) mass is 317 g/mol. The zero-order valence-corrected chi connectivity index (χ0v) is 13.3. The molecule has 1 nitrogen and oxygen atoms in total. The van der Waals surface area contributed by atoms with Crippen molar-refractivity contribution < 1.29 is 0 Å². The lowest BCUT2D eigenvalue weighted by molar-refractivity contribution is 0.572. The van der Waals surface area contributed by atoms with Crippen LogP contribution in [-0.2, 0) is 6.54 Å². The van der Waals surface area contributed by atoms with Gasteiger partial charge < -0.3 is 5.32 Å². The number of hydrogen-bond acceptors (Lipinski definition) is 1. The number of rotatable bonds is 4. The van der Waals surface area contributed by atoms with E-state index < -0.39 is 0 Å². The molecule has 2 heteroatoms. The van der Waals surface area contributed by atoms with Crippen LogP contribution < -0.4 is 5.32 Å². The third kappa shape index (κ3) is 3.68. The molecule has 0 aliphatic rings. The highest BCUT2D eigenvalue weighted by Gasteiger charge is 2.08. The molecule has 0 aliphatic heterocycles. The highest BCUT2D eigenvalue weighted by Crippen LogP contribution is 2.23. The van der Waals surface area contributed by atoms with Crippen molar-refractivity contribution in [2.24, 2.45) is 0 Å². The van der Waals surface area contributed by atoms with Crippen LogP contribution in [0.15, 0.2) is 46.9 Å². The molecule has 0 heterocycles. The maximum absolute atomic E-state index is 3.60. The van der Waals surface area contributed by atoms with E-state index in [0.29, 0.717) is 6.04 Å². The second-order valence-electron chi connectivity index (χ2n) is 5.04. The molecular weight excluding hydrogens is 298 g/mol. The van der Waals surface area contributed by atoms with Crippen LogP contribution >= 0.6 is 15.9 Å². The minimum absolute atomic E-state index is 0.331. The summed E-state index contributed by atoms with van der Waals surface area (Å²) in [6.07, 6.45) is 0. The molecule has 100 valence electrons. The topological polar surface area (TPSA) is 12.0 Å². The SMILES string of the molecule is Cc1ccc(CN[C@@H](C)c2ccccc2Br)cc1C. The quantitative estimate of drug-likeness (QED) is 0.844. The van der Waals surface area contributed by atoms with Crippen molar-refractivity contribution in [1.82, 2.24) is 5.32 Å². The minimum atomic E-state index is 0.331. The molecule has 0 unspecified atom stereocenters. The van der Waals surface area contributed by atoms with E-state index in [-0.39, 0.29) is 0 Å². The summed E-state index contributed by atoms with van der Waals surface area (Å²) in [4.78, 5) is 0. The number of benzene rings is 2. The average Bonchev–Trinajstić information content (AvgIpc) is 2.40. The molecule has 0 aromatic heterocycles. The van der Waals surface area contributed by atoms with Gasteiger partial charge >= 0.3 is 0 Å². The Balaban J connectivity index is 2.02. The Hall–Kier alpha value is -1.12. The van der Waals surface area contributed by atoms with Crippen LogP contribution in [0.2, 0.25) is 0 Å². The van der Waals surface area contributed by atoms with Gasteiger partial charge in [0.05, 0.1) is 0 Å². The third-order valence-electron chi connectivity index (χ3n) is 3.56. The number of nitrogens with one attached hydrogen (secondary N) is 1. The van der Waals surface area contributed by atoms with Gasteiger partial charge in [0.15, 0.2) is 0 Å². The molecule has 0 saturated carbocycles. The van der Waals surface area contributed by atoms with E-state index in [1.807, 2.05) is 6.07 Å². The Morgan fingerprint density at radius 2 is 1.79 bits per heavy atom. The van der Waals surface area contributed by atoms with Gasteiger partial charge in [0.2, 0.25) is 0 Å². The predicted octanol–water partition coefficient (Wildman–Crippen LogP) is 4.92. The number of aryl methyl sites for hydroxylation is 2. The standard InChI is InChI=1S/C17H20BrN/c1-12-8-9-15(10-13(12)2)11-19-14(3)16-6-4-5-7-17(16)18/h4-10,14,19H,11H2,1-3H3/t14-/m0/s1. The van der Waals surface area contributed by atoms with Crippen molar-refractivity contribution >= 4 is 15.9 Å². The van der Waals surface area contributed by atoms with Crippen LogP contribution in [0.3, 0.4) is 0 Å². The summed E-state index contributed by atoms with van der Waals surface area (Å²) in [6, 6.07) is 15.3. The van der Waals surface area contributed by atoms with Crippen LogP contribution in [0.25, 0.3) is 0 Å². The highest BCUT2D eigenvalue weighted by atomic mass is 79.9. The Kier molecular flexibility index (Phi) is 4.78. The van der Waals surface area contributed by atoms with Gasteiger partial charge in [0.1, 0.15) is 0 Å². The van der Waals surface area contributed by atoms with Gasteiger partial charge in [0.25, 0.3) is 0 Å². The van der Waals surface area contributed by atoms with E-state index in [1.165, 1.54) is 22.3 Å². The normalized spacial score (nSPS) is 12.4. The molecule has 19 heavy (non-hydrogen) atoms. The molecule has 0 radical (unpaired) electrons. The van der Waals surface area contributed by atoms with Crippen molar-refractivity contribution in [3.63, 3.8) is 0 Å². The first-order valence-electron chi connectivity index (χ1n) is 6.62. The van der Waals surface area contributed by atoms with E-state index in [9.17, 15) is 0 Å². The van der Waals surface area contributed by atoms with Crippen LogP contribution in [0.5, 0.6) is 0 Å². The van der Waals surface area contributed by atoms with Crippen LogP contribution in [0.1, 0.15) is 35.2 Å². The fourth-order valence-corrected chi connectivity index (χ4v) is 2.75. The van der Waals surface area contributed by atoms with Gasteiger partial charge in [0, 0.05) is 17.1 Å². The smallest absolute Gasteiger partial charge is 0.0306 e. The zero-order chi connectivity index (χ0) is 13.8. The molecule has 1 atom stereocenters. The Morgan fingerprint density at radius 1 is 1.05 bits per heavy atom. The van der Waals surface area contributed by atoms with Crippen molar-refractivity contribution in [3.8, 4) is 0 Å². The molecule has 2 rings (SSSR count). The van der Waals surface area contributed by atoms with Gasteiger partial charge in [-0.2, -0.15) is 0 Å². The van der Waals surface area contributed by atoms with Crippen molar-refractivity contribution in [3.05, 3.63) is 69.2 Å². The summed E-state index contributed by atoms with van der Waals surface area (Å²) in [6.45, 7) is 7.40. The molecule has 0 aliphatic carbocycles. The first-order chi connectivity index (χ1) is 9.08. The maximum Gasteiger partial charge on any atom is 0.0306 e. The van der Waals surface area contributed by atoms with E-state index in [0.717, 1.165) is 11.0 Å². The summed E-state index contributed by atoms with van der Waals surface area (Å²) in [7, 11) is 0. The van der Waals surface area contributed by atoms with Gasteiger partial charge in [-0.3, -0.25) is 0 Å². The highest BCUT2D eigenvalue weighted by molar-refractivity contribution is 9.10. The fraction of sp³-hybridized carbons (Fsp3) is 0.294. The van der Waals surface area contributed by atoms with Gasteiger partial charge in [-0.15, -0.1) is 0 Å². The first-order valence-corrected chi connectivity index (χ1v) is 7.41. The molecule has 0 bridgehead atoms. The Morgan fingerprint density at radius 3 is 2.47 bits per heavy atom. The molecule has 0 amide bonds. The van der Waals surface area contributed by atoms with Crippen LogP contribution in [0, 0.1) is 13.8 Å². The minimum Gasteiger partial charge on any atom is -0.306 e. The van der Waals surface area contributed by atoms with Crippen LogP contribution in [-0.4, -0.2) is 0 Å². The summed E-state index contributed by atoms with van der Waals surface area (Å²) >= 11 is 3.60. The summed E-state index contributed by atoms with van der Waals surface area (Å²) in [5, 5.41) is 3.57. The summed E-state index contributed by atoms with van der Waals surface area (Å²) in [5.41, 5.74) is 5.34. The largest absolute Gasteiger partial charge is 0.306 e. The summed E-state index contributed by atoms with van der Waals surface area (Å²) < 4.78 is 1.16. The van der Waals surface area contributed by atoms with Crippen molar-refractivity contribution in [1.29, 1.82) is 0 Å². The predicted molar refractivity (Wildman–Crippen MR) is 85.3 cm³/mol. The van der Waals surface area contributed by atoms with E-state index in [4.69, 9.17) is 0 Å². The zero-order valence-electron chi connectivity index (χ0n) is 11.7. The Labute approximate surface area is 124 Å². The third-order valence-corrected chi connectivity index (χ3v) is 4.28. The van der Waals surface area contributed by atoms with Gasteiger partial charge in [-0.25, -0.2) is 0 Å². The number of hydrogen-bond donors (Lipinski definition) is 1. The van der Waals surface area contributed by atoms with Crippen LogP contribution in [0.4, 0.5) is 0 Å². The molecular formula is C17H20BrN. The fourth-order valence-electron chi connectivity index (χ4n) is 2.12. The molecule has 0 saturated heterocycles. The lowest BCUT2D eigenvalue weighted by Crippen LogP contribution is -2.18. The average molecular weight is 318 g/mol. The van der Waals surface area contributed by atoms with Gasteiger partial charge in [-0.1, -0.05) is 52.3 Å². The lowest BCUT2D eigenvalue weighted by Gasteiger charge is -2.16. The van der Waals surface area contributed by atoms with E-state index >= 15 is 0 Å². The van der Waals surface area contributed by atoms with Gasteiger partial charge in [-0.05, 0) is 49.1 Å². The second-order valence-corrected chi connectivity index (χ2v) is 5.90. The molecule has 0 fully saturated rings. The van der Waals surface area contributed by atoms with E-state index in [2.05, 4.69) is 78.4 Å². The van der Waals surface area contributed by atoms with E-state index in [1.54, 1.807) is 0 Å². The van der Waals surface area contributed by atoms with Crippen molar-refractivity contribution in [2.45, 2.75) is 33.4 Å². The lowest BCUT2D eigenvalue weighted by atomic mass is 10.1. The Bertz CT molecular complexity index is 563.